The van der Waals surface area contributed by atoms with Gasteiger partial charge in [0, 0.05) is 23.4 Å². The monoisotopic (exact) mass is 538 g/mol. The minimum atomic E-state index is -0.253. The second-order valence-corrected chi connectivity index (χ2v) is 11.0. The molecule has 1 heterocycles. The fourth-order valence-corrected chi connectivity index (χ4v) is 6.23. The lowest BCUT2D eigenvalue weighted by atomic mass is 9.76. The molecule has 0 radical (unpaired) electrons. The Morgan fingerprint density at radius 3 is 2.61 bits per heavy atom. The Labute approximate surface area is 240 Å². The molecule has 5 aromatic rings. The van der Waals surface area contributed by atoms with Gasteiger partial charge in [0.1, 0.15) is 18.2 Å². The van der Waals surface area contributed by atoms with E-state index in [1.807, 2.05) is 24.4 Å². The zero-order valence-electron chi connectivity index (χ0n) is 22.9. The Morgan fingerprint density at radius 2 is 1.76 bits per heavy atom. The maximum absolute atomic E-state index is 13.3. The molecule has 202 valence electrons. The molecule has 0 spiro atoms. The summed E-state index contributed by atoms with van der Waals surface area (Å²) < 4.78 is 19.6. The first-order valence-electron chi connectivity index (χ1n) is 14.2. The molecule has 0 bridgehead atoms. The highest BCUT2D eigenvalue weighted by Crippen LogP contribution is 2.50. The minimum absolute atomic E-state index is 0.253. The quantitative estimate of drug-likeness (QED) is 0.173. The summed E-state index contributed by atoms with van der Waals surface area (Å²) >= 11 is 0. The van der Waals surface area contributed by atoms with Crippen LogP contribution in [0.5, 0.6) is 5.75 Å². The number of nitrogens with zero attached hydrogens (tertiary/aromatic N) is 1. The average molecular weight is 539 g/mol. The summed E-state index contributed by atoms with van der Waals surface area (Å²) in [7, 11) is 0. The van der Waals surface area contributed by atoms with Gasteiger partial charge in [-0.25, -0.2) is 4.39 Å². The number of aryl methyl sites for hydroxylation is 1. The zero-order chi connectivity index (χ0) is 27.8. The smallest absolute Gasteiger partial charge is 0.129 e. The van der Waals surface area contributed by atoms with E-state index in [1.165, 1.54) is 34.5 Å². The Balaban J connectivity index is 1.15. The molecule has 0 saturated carbocycles. The maximum Gasteiger partial charge on any atom is 0.129 e. The van der Waals surface area contributed by atoms with Gasteiger partial charge in [0.05, 0.1) is 11.7 Å². The van der Waals surface area contributed by atoms with Crippen LogP contribution in [0.3, 0.4) is 0 Å². The van der Waals surface area contributed by atoms with Crippen LogP contribution in [0, 0.1) is 18.7 Å². The number of nitrogens with one attached hydrogen (secondary N) is 1. The summed E-state index contributed by atoms with van der Waals surface area (Å²) in [6, 6.07) is 34.3. The molecular formula is C37H31FN2O. The highest BCUT2D eigenvalue weighted by Gasteiger charge is 2.37. The number of allylic oxidation sites excluding steroid dienone is 2. The van der Waals surface area contributed by atoms with Crippen molar-refractivity contribution in [1.29, 1.82) is 0 Å². The maximum atomic E-state index is 13.3. The van der Waals surface area contributed by atoms with Crippen LogP contribution in [0.1, 0.15) is 46.2 Å². The van der Waals surface area contributed by atoms with Crippen LogP contribution < -0.4 is 10.1 Å². The van der Waals surface area contributed by atoms with E-state index in [1.54, 1.807) is 12.1 Å². The number of anilines is 1. The molecule has 0 fully saturated rings. The van der Waals surface area contributed by atoms with Gasteiger partial charge in [-0.1, -0.05) is 84.4 Å². The highest BCUT2D eigenvalue weighted by atomic mass is 19.1. The molecule has 2 aliphatic rings. The molecule has 3 atom stereocenters. The number of hydrogen-bond acceptors (Lipinski definition) is 3. The summed E-state index contributed by atoms with van der Waals surface area (Å²) in [6.45, 7) is 2.51. The zero-order valence-corrected chi connectivity index (χ0v) is 22.9. The topological polar surface area (TPSA) is 33.6 Å². The molecule has 1 N–H and O–H groups in total. The van der Waals surface area contributed by atoms with Gasteiger partial charge < -0.3 is 10.1 Å². The molecule has 41 heavy (non-hydrogen) atoms. The van der Waals surface area contributed by atoms with Gasteiger partial charge in [-0.15, -0.1) is 0 Å². The van der Waals surface area contributed by atoms with E-state index >= 15 is 0 Å². The number of halogens is 1. The standard InChI is InChI=1S/C37H31FN2O/c1-24-9-19-35-33(21-24)31-7-4-8-32(31)37(40-35)27-12-17-29(18-13-27)39-22-34-30-6-3-2-5-26(30)14-20-36(34)41-23-25-10-15-28(38)16-11-25/h2-7,9-22,31-32,37,40H,8,23H2,1H3/t31-,32-,37+/m1/s1. The summed E-state index contributed by atoms with van der Waals surface area (Å²) in [4.78, 5) is 4.86. The van der Waals surface area contributed by atoms with Gasteiger partial charge in [-0.05, 0) is 83.1 Å². The average Bonchev–Trinajstić information content (AvgIpc) is 3.50. The Morgan fingerprint density at radius 1 is 0.927 bits per heavy atom. The normalized spacial score (nSPS) is 19.2. The fraction of sp³-hybridized carbons (Fsp3) is 0.162. The van der Waals surface area contributed by atoms with E-state index in [0.717, 1.165) is 39.8 Å². The third kappa shape index (κ3) is 5.02. The number of aliphatic imine (C=N–C) groups is 1. The second kappa shape index (κ2) is 10.7. The largest absolute Gasteiger partial charge is 0.488 e. The van der Waals surface area contributed by atoms with E-state index in [0.29, 0.717) is 18.4 Å². The van der Waals surface area contributed by atoms with Crippen molar-refractivity contribution in [2.24, 2.45) is 10.9 Å². The van der Waals surface area contributed by atoms with Crippen molar-refractivity contribution < 1.29 is 9.13 Å². The van der Waals surface area contributed by atoms with Crippen molar-refractivity contribution in [2.75, 3.05) is 5.32 Å². The second-order valence-electron chi connectivity index (χ2n) is 11.0. The third-order valence-electron chi connectivity index (χ3n) is 8.35. The summed E-state index contributed by atoms with van der Waals surface area (Å²) in [5, 5.41) is 6.03. The molecule has 0 aromatic heterocycles. The lowest BCUT2D eigenvalue weighted by molar-refractivity contribution is 0.306. The molecule has 0 amide bonds. The number of fused-ring (bicyclic) bond motifs is 4. The minimum Gasteiger partial charge on any atom is -0.488 e. The summed E-state index contributed by atoms with van der Waals surface area (Å²) in [6.07, 6.45) is 7.69. The van der Waals surface area contributed by atoms with Crippen LogP contribution in [-0.2, 0) is 6.61 Å². The molecule has 3 nitrogen and oxygen atoms in total. The Bertz CT molecular complexity index is 1770. The van der Waals surface area contributed by atoms with E-state index in [-0.39, 0.29) is 11.9 Å². The van der Waals surface area contributed by atoms with Crippen LogP contribution in [0.2, 0.25) is 0 Å². The fourth-order valence-electron chi connectivity index (χ4n) is 6.23. The first-order chi connectivity index (χ1) is 20.1. The van der Waals surface area contributed by atoms with Crippen molar-refractivity contribution in [3.05, 3.63) is 149 Å². The number of rotatable bonds is 6. The SMILES string of the molecule is Cc1ccc2c(c1)[C@@H]1C=CC[C@H]1[C@H](c1ccc(N=Cc3c(OCc4ccc(F)cc4)ccc4ccccc34)cc1)N2. The van der Waals surface area contributed by atoms with Crippen LogP contribution >= 0.6 is 0 Å². The van der Waals surface area contributed by atoms with Gasteiger partial charge in [-0.3, -0.25) is 4.99 Å². The first-order valence-corrected chi connectivity index (χ1v) is 14.2. The van der Waals surface area contributed by atoms with Crippen molar-refractivity contribution in [3.8, 4) is 5.75 Å². The van der Waals surface area contributed by atoms with Crippen molar-refractivity contribution in [2.45, 2.75) is 31.9 Å². The van der Waals surface area contributed by atoms with Gasteiger partial charge in [0.2, 0.25) is 0 Å². The summed E-state index contributed by atoms with van der Waals surface area (Å²) in [5.41, 5.74) is 7.96. The van der Waals surface area contributed by atoms with Crippen LogP contribution in [0.4, 0.5) is 15.8 Å². The van der Waals surface area contributed by atoms with Crippen LogP contribution in [-0.4, -0.2) is 6.21 Å². The molecule has 1 aliphatic carbocycles. The molecule has 1 aliphatic heterocycles. The molecule has 0 unspecified atom stereocenters. The number of benzene rings is 5. The lowest BCUT2D eigenvalue weighted by Crippen LogP contribution is -2.29. The van der Waals surface area contributed by atoms with Crippen LogP contribution in [0.15, 0.2) is 120 Å². The van der Waals surface area contributed by atoms with Gasteiger partial charge in [0.15, 0.2) is 0 Å². The third-order valence-corrected chi connectivity index (χ3v) is 8.35. The predicted octanol–water partition coefficient (Wildman–Crippen LogP) is 9.44. The summed E-state index contributed by atoms with van der Waals surface area (Å²) in [5.74, 6) is 1.45. The molecule has 7 rings (SSSR count). The first kappa shape index (κ1) is 25.3. The molecule has 5 aromatic carbocycles. The highest BCUT2D eigenvalue weighted by molar-refractivity contribution is 6.03. The van der Waals surface area contributed by atoms with Crippen molar-refractivity contribution in [3.63, 3.8) is 0 Å². The Hall–Kier alpha value is -4.70. The molecule has 4 heteroatoms. The molecular weight excluding hydrogens is 507 g/mol. The van der Waals surface area contributed by atoms with Gasteiger partial charge >= 0.3 is 0 Å². The van der Waals surface area contributed by atoms with E-state index in [9.17, 15) is 4.39 Å². The Kier molecular flexibility index (Phi) is 6.60. The predicted molar refractivity (Wildman–Crippen MR) is 166 cm³/mol. The van der Waals surface area contributed by atoms with E-state index in [4.69, 9.17) is 9.73 Å². The van der Waals surface area contributed by atoms with Crippen LogP contribution in [0.25, 0.3) is 10.8 Å². The van der Waals surface area contributed by atoms with Gasteiger partial charge in [0.25, 0.3) is 0 Å². The molecule has 0 saturated heterocycles. The van der Waals surface area contributed by atoms with Crippen molar-refractivity contribution in [1.82, 2.24) is 0 Å². The van der Waals surface area contributed by atoms with Gasteiger partial charge in [-0.2, -0.15) is 0 Å². The van der Waals surface area contributed by atoms with Crippen molar-refractivity contribution >= 4 is 28.4 Å². The van der Waals surface area contributed by atoms with E-state index < -0.39 is 0 Å². The number of hydrogen-bond donors (Lipinski definition) is 1. The van der Waals surface area contributed by atoms with E-state index in [2.05, 4.69) is 85.1 Å². The lowest BCUT2D eigenvalue weighted by Gasteiger charge is -2.37. The number of ether oxygens (including phenoxy) is 1.